The predicted octanol–water partition coefficient (Wildman–Crippen LogP) is 3.03. The minimum atomic E-state index is -3.49. The number of halogens is 1. The van der Waals surface area contributed by atoms with E-state index in [1.165, 1.54) is 10.4 Å². The number of para-hydroxylation sites is 1. The van der Waals surface area contributed by atoms with Crippen LogP contribution in [0.5, 0.6) is 5.75 Å². The van der Waals surface area contributed by atoms with Crippen molar-refractivity contribution in [2.75, 3.05) is 39.3 Å². The van der Waals surface area contributed by atoms with E-state index >= 15 is 0 Å². The Morgan fingerprint density at radius 1 is 1.04 bits per heavy atom. The van der Waals surface area contributed by atoms with E-state index < -0.39 is 10.0 Å². The summed E-state index contributed by atoms with van der Waals surface area (Å²) in [5, 5.41) is 0.429. The molecule has 0 saturated carbocycles. The van der Waals surface area contributed by atoms with Gasteiger partial charge >= 0.3 is 0 Å². The first-order valence-corrected chi connectivity index (χ1v) is 10.4. The Bertz CT molecular complexity index is 849. The second-order valence-corrected chi connectivity index (χ2v) is 8.69. The SMILES string of the molecule is Cc1ccccc1OCCN1CCN(S(=O)(=O)c2cccc(Cl)c2)CC1. The minimum absolute atomic E-state index is 0.251. The van der Waals surface area contributed by atoms with E-state index in [1.54, 1.807) is 18.2 Å². The van der Waals surface area contributed by atoms with Gasteiger partial charge in [0.2, 0.25) is 10.0 Å². The highest BCUT2D eigenvalue weighted by Crippen LogP contribution is 2.21. The third-order valence-electron chi connectivity index (χ3n) is 4.52. The van der Waals surface area contributed by atoms with E-state index in [-0.39, 0.29) is 4.90 Å². The van der Waals surface area contributed by atoms with Crippen molar-refractivity contribution in [3.63, 3.8) is 0 Å². The van der Waals surface area contributed by atoms with Crippen molar-refractivity contribution in [2.45, 2.75) is 11.8 Å². The van der Waals surface area contributed by atoms with Crippen molar-refractivity contribution in [1.29, 1.82) is 0 Å². The fraction of sp³-hybridized carbons (Fsp3) is 0.368. The number of benzene rings is 2. The van der Waals surface area contributed by atoms with Crippen LogP contribution in [0.2, 0.25) is 5.02 Å². The maximum absolute atomic E-state index is 12.7. The van der Waals surface area contributed by atoms with Crippen molar-refractivity contribution >= 4 is 21.6 Å². The monoisotopic (exact) mass is 394 g/mol. The third kappa shape index (κ3) is 4.57. The van der Waals surface area contributed by atoms with Gasteiger partial charge in [0, 0.05) is 37.7 Å². The molecule has 7 heteroatoms. The number of aryl methyl sites for hydroxylation is 1. The van der Waals surface area contributed by atoms with Crippen molar-refractivity contribution in [3.05, 3.63) is 59.1 Å². The van der Waals surface area contributed by atoms with Gasteiger partial charge in [-0.05, 0) is 36.8 Å². The summed E-state index contributed by atoms with van der Waals surface area (Å²) in [5.41, 5.74) is 1.12. The smallest absolute Gasteiger partial charge is 0.243 e. The summed E-state index contributed by atoms with van der Waals surface area (Å²) >= 11 is 5.93. The van der Waals surface area contributed by atoms with E-state index in [4.69, 9.17) is 16.3 Å². The van der Waals surface area contributed by atoms with Gasteiger partial charge in [-0.2, -0.15) is 4.31 Å². The molecule has 0 spiro atoms. The zero-order valence-electron chi connectivity index (χ0n) is 14.8. The zero-order chi connectivity index (χ0) is 18.6. The molecular weight excluding hydrogens is 372 g/mol. The molecule has 0 radical (unpaired) electrons. The van der Waals surface area contributed by atoms with Gasteiger partial charge in [0.15, 0.2) is 0 Å². The lowest BCUT2D eigenvalue weighted by Gasteiger charge is -2.33. The molecule has 1 aliphatic rings. The summed E-state index contributed by atoms with van der Waals surface area (Å²) in [7, 11) is -3.49. The van der Waals surface area contributed by atoms with E-state index in [0.717, 1.165) is 17.9 Å². The molecule has 2 aromatic carbocycles. The number of sulfonamides is 1. The average Bonchev–Trinajstić information content (AvgIpc) is 2.64. The predicted molar refractivity (Wildman–Crippen MR) is 103 cm³/mol. The maximum Gasteiger partial charge on any atom is 0.243 e. The molecule has 1 saturated heterocycles. The number of ether oxygens (including phenoxy) is 1. The van der Waals surface area contributed by atoms with E-state index in [2.05, 4.69) is 4.90 Å². The molecule has 1 heterocycles. The molecule has 0 amide bonds. The molecule has 1 fully saturated rings. The van der Waals surface area contributed by atoms with Crippen LogP contribution in [-0.2, 0) is 10.0 Å². The Morgan fingerprint density at radius 2 is 1.77 bits per heavy atom. The summed E-state index contributed by atoms with van der Waals surface area (Å²) in [4.78, 5) is 2.48. The standard InChI is InChI=1S/C19H23ClN2O3S/c1-16-5-2-3-8-19(16)25-14-13-21-9-11-22(12-10-21)26(23,24)18-7-4-6-17(20)15-18/h2-8,15H,9-14H2,1H3. The molecular formula is C19H23ClN2O3S. The maximum atomic E-state index is 12.7. The molecule has 26 heavy (non-hydrogen) atoms. The highest BCUT2D eigenvalue weighted by molar-refractivity contribution is 7.89. The van der Waals surface area contributed by atoms with Gasteiger partial charge in [0.1, 0.15) is 12.4 Å². The normalized spacial score (nSPS) is 16.5. The second-order valence-electron chi connectivity index (χ2n) is 6.32. The first-order valence-electron chi connectivity index (χ1n) is 8.63. The first-order chi connectivity index (χ1) is 12.5. The van der Waals surface area contributed by atoms with Gasteiger partial charge < -0.3 is 4.74 Å². The van der Waals surface area contributed by atoms with Crippen LogP contribution in [0.25, 0.3) is 0 Å². The minimum Gasteiger partial charge on any atom is -0.492 e. The fourth-order valence-electron chi connectivity index (χ4n) is 2.97. The van der Waals surface area contributed by atoms with Crippen LogP contribution >= 0.6 is 11.6 Å². The summed E-state index contributed by atoms with van der Waals surface area (Å²) < 4.78 is 32.8. The van der Waals surface area contributed by atoms with Gasteiger partial charge in [-0.25, -0.2) is 8.42 Å². The number of nitrogens with zero attached hydrogens (tertiary/aromatic N) is 2. The van der Waals surface area contributed by atoms with Crippen LogP contribution in [0.15, 0.2) is 53.4 Å². The lowest BCUT2D eigenvalue weighted by molar-refractivity contribution is 0.158. The first kappa shape index (κ1) is 19.2. The Hall–Kier alpha value is -1.60. The largest absolute Gasteiger partial charge is 0.492 e. The molecule has 140 valence electrons. The van der Waals surface area contributed by atoms with Gasteiger partial charge in [-0.3, -0.25) is 4.90 Å². The van der Waals surface area contributed by atoms with Gasteiger partial charge in [0.25, 0.3) is 0 Å². The number of rotatable bonds is 6. The van der Waals surface area contributed by atoms with Crippen LogP contribution in [-0.4, -0.2) is 57.0 Å². The third-order valence-corrected chi connectivity index (χ3v) is 6.65. The molecule has 2 aromatic rings. The molecule has 3 rings (SSSR count). The zero-order valence-corrected chi connectivity index (χ0v) is 16.3. The topological polar surface area (TPSA) is 49.9 Å². The number of hydrogen-bond donors (Lipinski definition) is 0. The van der Waals surface area contributed by atoms with Crippen molar-refractivity contribution < 1.29 is 13.2 Å². The van der Waals surface area contributed by atoms with E-state index in [1.807, 2.05) is 31.2 Å². The molecule has 5 nitrogen and oxygen atoms in total. The highest BCUT2D eigenvalue weighted by atomic mass is 35.5. The van der Waals surface area contributed by atoms with Crippen LogP contribution in [0, 0.1) is 6.92 Å². The van der Waals surface area contributed by atoms with Gasteiger partial charge in [-0.1, -0.05) is 35.9 Å². The number of hydrogen-bond acceptors (Lipinski definition) is 4. The summed E-state index contributed by atoms with van der Waals surface area (Å²) in [6, 6.07) is 14.4. The van der Waals surface area contributed by atoms with Crippen LogP contribution in [0.4, 0.5) is 0 Å². The van der Waals surface area contributed by atoms with Crippen LogP contribution < -0.4 is 4.74 Å². The Kier molecular flexibility index (Phi) is 6.19. The molecule has 0 aromatic heterocycles. The number of piperazine rings is 1. The van der Waals surface area contributed by atoms with E-state index in [0.29, 0.717) is 37.8 Å². The van der Waals surface area contributed by atoms with Crippen molar-refractivity contribution in [3.8, 4) is 5.75 Å². The van der Waals surface area contributed by atoms with E-state index in [9.17, 15) is 8.42 Å². The van der Waals surface area contributed by atoms with Gasteiger partial charge in [0.05, 0.1) is 4.90 Å². The molecule has 0 N–H and O–H groups in total. The summed E-state index contributed by atoms with van der Waals surface area (Å²) in [6.45, 7) is 5.71. The van der Waals surface area contributed by atoms with Gasteiger partial charge in [-0.15, -0.1) is 0 Å². The van der Waals surface area contributed by atoms with Crippen molar-refractivity contribution in [1.82, 2.24) is 9.21 Å². The Balaban J connectivity index is 1.50. The molecule has 0 bridgehead atoms. The van der Waals surface area contributed by atoms with Crippen LogP contribution in [0.3, 0.4) is 0 Å². The second kappa shape index (κ2) is 8.39. The van der Waals surface area contributed by atoms with Crippen molar-refractivity contribution in [2.24, 2.45) is 0 Å². The fourth-order valence-corrected chi connectivity index (χ4v) is 4.70. The Labute approximate surface area is 160 Å². The lowest BCUT2D eigenvalue weighted by atomic mass is 10.2. The van der Waals surface area contributed by atoms with Crippen LogP contribution in [0.1, 0.15) is 5.56 Å². The highest BCUT2D eigenvalue weighted by Gasteiger charge is 2.28. The summed E-state index contributed by atoms with van der Waals surface area (Å²) in [5.74, 6) is 0.898. The molecule has 0 atom stereocenters. The lowest BCUT2D eigenvalue weighted by Crippen LogP contribution is -2.49. The average molecular weight is 395 g/mol. The quantitative estimate of drug-likeness (QED) is 0.755. The molecule has 0 unspecified atom stereocenters. The summed E-state index contributed by atoms with van der Waals surface area (Å²) in [6.07, 6.45) is 0. The Morgan fingerprint density at radius 3 is 2.46 bits per heavy atom. The molecule has 1 aliphatic heterocycles. The molecule has 0 aliphatic carbocycles.